The summed E-state index contributed by atoms with van der Waals surface area (Å²) >= 11 is 0. The lowest BCUT2D eigenvalue weighted by molar-refractivity contribution is -0.137. The molecule has 0 radical (unpaired) electrons. The minimum atomic E-state index is -0.835. The number of carboxylic acid groups (broad SMARTS) is 1. The zero-order chi connectivity index (χ0) is 13.9. The van der Waals surface area contributed by atoms with Crippen molar-refractivity contribution in [1.82, 2.24) is 4.57 Å². The highest BCUT2D eigenvalue weighted by atomic mass is 16.6. The zero-order valence-corrected chi connectivity index (χ0v) is 10.9. The van der Waals surface area contributed by atoms with Crippen LogP contribution in [0.25, 0.3) is 0 Å². The summed E-state index contributed by atoms with van der Waals surface area (Å²) in [6.07, 6.45) is 3.75. The van der Waals surface area contributed by atoms with Crippen LogP contribution in [0.2, 0.25) is 0 Å². The third-order valence-corrected chi connectivity index (χ3v) is 3.31. The maximum Gasteiger partial charge on any atom is 0.305 e. The lowest BCUT2D eigenvalue weighted by atomic mass is 10.0. The quantitative estimate of drug-likeness (QED) is 0.928. The van der Waals surface area contributed by atoms with E-state index in [1.165, 1.54) is 0 Å². The third kappa shape index (κ3) is 2.47. The molecule has 2 aromatic rings. The number of carbonyl (C=O) groups is 1. The fourth-order valence-corrected chi connectivity index (χ4v) is 2.38. The first kappa shape index (κ1) is 12.6. The van der Waals surface area contributed by atoms with Crippen LogP contribution >= 0.6 is 0 Å². The molecule has 0 saturated heterocycles. The Morgan fingerprint density at radius 3 is 2.60 bits per heavy atom. The number of hydrogen-bond acceptors (Lipinski definition) is 3. The molecule has 5 nitrogen and oxygen atoms in total. The van der Waals surface area contributed by atoms with Crippen molar-refractivity contribution >= 4 is 5.97 Å². The van der Waals surface area contributed by atoms with Gasteiger partial charge in [0.25, 0.3) is 0 Å². The predicted octanol–water partition coefficient (Wildman–Crippen LogP) is 2.32. The number of ether oxygens (including phenoxy) is 2. The van der Waals surface area contributed by atoms with Gasteiger partial charge in [0.05, 0.1) is 12.5 Å². The zero-order valence-electron chi connectivity index (χ0n) is 10.9. The molecule has 0 spiro atoms. The number of hydrogen-bond donors (Lipinski definition) is 1. The van der Waals surface area contributed by atoms with Crippen molar-refractivity contribution in [2.45, 2.75) is 12.5 Å². The van der Waals surface area contributed by atoms with Crippen LogP contribution in [0, 0.1) is 0 Å². The highest BCUT2D eigenvalue weighted by Crippen LogP contribution is 2.34. The van der Waals surface area contributed by atoms with Gasteiger partial charge in [0, 0.05) is 12.4 Å². The Morgan fingerprint density at radius 2 is 1.90 bits per heavy atom. The predicted molar refractivity (Wildman–Crippen MR) is 72.3 cm³/mol. The molecule has 1 atom stereocenters. The number of benzene rings is 1. The summed E-state index contributed by atoms with van der Waals surface area (Å²) in [6.45, 7) is 1.06. The molecule has 1 N–H and O–H groups in total. The lowest BCUT2D eigenvalue weighted by Crippen LogP contribution is -2.17. The molecule has 0 aliphatic carbocycles. The summed E-state index contributed by atoms with van der Waals surface area (Å²) in [5.41, 5.74) is 0.896. The van der Waals surface area contributed by atoms with Gasteiger partial charge >= 0.3 is 5.97 Å². The first-order chi connectivity index (χ1) is 9.74. The minimum absolute atomic E-state index is 0.0221. The molecule has 20 heavy (non-hydrogen) atoms. The van der Waals surface area contributed by atoms with E-state index in [0.717, 1.165) is 5.56 Å². The van der Waals surface area contributed by atoms with E-state index in [9.17, 15) is 4.79 Å². The largest absolute Gasteiger partial charge is 0.486 e. The van der Waals surface area contributed by atoms with Crippen molar-refractivity contribution in [3.05, 3.63) is 48.3 Å². The van der Waals surface area contributed by atoms with Crippen molar-refractivity contribution in [3.63, 3.8) is 0 Å². The Balaban J connectivity index is 1.96. The van der Waals surface area contributed by atoms with Gasteiger partial charge in [-0.05, 0) is 29.8 Å². The van der Waals surface area contributed by atoms with Crippen LogP contribution < -0.4 is 9.47 Å². The van der Waals surface area contributed by atoms with E-state index in [-0.39, 0.29) is 12.5 Å². The maximum absolute atomic E-state index is 11.1. The highest BCUT2D eigenvalue weighted by Gasteiger charge is 2.20. The normalized spacial score (nSPS) is 14.8. The monoisotopic (exact) mass is 273 g/mol. The Hall–Kier alpha value is -2.43. The number of fused-ring (bicyclic) bond motifs is 1. The van der Waals surface area contributed by atoms with Crippen molar-refractivity contribution in [3.8, 4) is 11.5 Å². The maximum atomic E-state index is 11.1. The molecule has 1 aromatic carbocycles. The fraction of sp³-hybridized carbons (Fsp3) is 0.267. The fourth-order valence-electron chi connectivity index (χ4n) is 2.38. The molecule has 1 aliphatic heterocycles. The number of rotatable bonds is 4. The second kappa shape index (κ2) is 5.28. The molecule has 104 valence electrons. The van der Waals surface area contributed by atoms with E-state index in [4.69, 9.17) is 14.6 Å². The smallest absolute Gasteiger partial charge is 0.305 e. The van der Waals surface area contributed by atoms with Crippen LogP contribution in [0.1, 0.15) is 18.0 Å². The van der Waals surface area contributed by atoms with Gasteiger partial charge in [0.1, 0.15) is 13.2 Å². The molecule has 0 bridgehead atoms. The SMILES string of the molecule is O=C(O)CC(c1ccc2c(c1)OCCO2)n1cccc1. The van der Waals surface area contributed by atoms with Crippen LogP contribution in [0.3, 0.4) is 0 Å². The summed E-state index contributed by atoms with van der Waals surface area (Å²) in [4.78, 5) is 11.1. The van der Waals surface area contributed by atoms with Crippen LogP contribution in [0.15, 0.2) is 42.7 Å². The van der Waals surface area contributed by atoms with Crippen LogP contribution in [0.4, 0.5) is 0 Å². The third-order valence-electron chi connectivity index (χ3n) is 3.31. The van der Waals surface area contributed by atoms with Crippen molar-refractivity contribution < 1.29 is 19.4 Å². The van der Waals surface area contributed by atoms with Crippen molar-refractivity contribution in [1.29, 1.82) is 0 Å². The average molecular weight is 273 g/mol. The lowest BCUT2D eigenvalue weighted by Gasteiger charge is -2.22. The molecule has 1 aliphatic rings. The average Bonchev–Trinajstić information content (AvgIpc) is 2.98. The molecule has 2 heterocycles. The Bertz CT molecular complexity index is 606. The van der Waals surface area contributed by atoms with E-state index in [1.54, 1.807) is 0 Å². The molecule has 0 fully saturated rings. The Labute approximate surface area is 116 Å². The Morgan fingerprint density at radius 1 is 1.20 bits per heavy atom. The van der Waals surface area contributed by atoms with Gasteiger partial charge in [-0.2, -0.15) is 0 Å². The molecular formula is C15H15NO4. The molecule has 1 unspecified atom stereocenters. The molecule has 1 aromatic heterocycles. The molecule has 5 heteroatoms. The van der Waals surface area contributed by atoms with E-state index in [1.807, 2.05) is 47.3 Å². The van der Waals surface area contributed by atoms with Crippen LogP contribution in [0.5, 0.6) is 11.5 Å². The second-order valence-electron chi connectivity index (χ2n) is 4.65. The highest BCUT2D eigenvalue weighted by molar-refractivity contribution is 5.68. The van der Waals surface area contributed by atoms with Gasteiger partial charge in [-0.25, -0.2) is 0 Å². The Kier molecular flexibility index (Phi) is 3.33. The van der Waals surface area contributed by atoms with E-state index < -0.39 is 5.97 Å². The summed E-state index contributed by atoms with van der Waals surface area (Å²) in [5.74, 6) is 0.552. The number of nitrogens with zero attached hydrogens (tertiary/aromatic N) is 1. The first-order valence-corrected chi connectivity index (χ1v) is 6.48. The van der Waals surface area contributed by atoms with Crippen LogP contribution in [-0.4, -0.2) is 28.9 Å². The van der Waals surface area contributed by atoms with Crippen molar-refractivity contribution in [2.75, 3.05) is 13.2 Å². The second-order valence-corrected chi connectivity index (χ2v) is 4.65. The molecule has 0 amide bonds. The van der Waals surface area contributed by atoms with Gasteiger partial charge in [0.15, 0.2) is 11.5 Å². The van der Waals surface area contributed by atoms with E-state index in [2.05, 4.69) is 0 Å². The number of aromatic nitrogens is 1. The number of aliphatic carboxylic acids is 1. The standard InChI is InChI=1S/C15H15NO4/c17-15(18)10-12(16-5-1-2-6-16)11-3-4-13-14(9-11)20-8-7-19-13/h1-6,9,12H,7-8,10H2,(H,17,18). The summed E-state index contributed by atoms with van der Waals surface area (Å²) in [5, 5.41) is 9.11. The van der Waals surface area contributed by atoms with Gasteiger partial charge in [0.2, 0.25) is 0 Å². The molecular weight excluding hydrogens is 258 g/mol. The summed E-state index contributed by atoms with van der Waals surface area (Å²) in [6, 6.07) is 9.10. The van der Waals surface area contributed by atoms with Crippen molar-refractivity contribution in [2.24, 2.45) is 0 Å². The number of carboxylic acids is 1. The van der Waals surface area contributed by atoms with Gasteiger partial charge in [-0.3, -0.25) is 4.79 Å². The van der Waals surface area contributed by atoms with Gasteiger partial charge in [-0.15, -0.1) is 0 Å². The first-order valence-electron chi connectivity index (χ1n) is 6.48. The van der Waals surface area contributed by atoms with E-state index >= 15 is 0 Å². The summed E-state index contributed by atoms with van der Waals surface area (Å²) < 4.78 is 12.9. The van der Waals surface area contributed by atoms with E-state index in [0.29, 0.717) is 24.7 Å². The summed E-state index contributed by atoms with van der Waals surface area (Å²) in [7, 11) is 0. The topological polar surface area (TPSA) is 60.7 Å². The molecule has 3 rings (SSSR count). The minimum Gasteiger partial charge on any atom is -0.486 e. The molecule has 0 saturated carbocycles. The van der Waals surface area contributed by atoms with Crippen LogP contribution in [-0.2, 0) is 4.79 Å². The van der Waals surface area contributed by atoms with Gasteiger partial charge < -0.3 is 19.1 Å². The van der Waals surface area contributed by atoms with Gasteiger partial charge in [-0.1, -0.05) is 6.07 Å².